The van der Waals surface area contributed by atoms with Crippen LogP contribution in [0.1, 0.15) is 37.0 Å². The van der Waals surface area contributed by atoms with Crippen LogP contribution in [-0.2, 0) is 4.79 Å². The molecular formula is C17H23ClN2O2S. The largest absolute Gasteiger partial charge is 0.341 e. The molecule has 23 heavy (non-hydrogen) atoms. The molecule has 2 amide bonds. The van der Waals surface area contributed by atoms with E-state index in [2.05, 4.69) is 13.8 Å². The average molecular weight is 355 g/mol. The lowest BCUT2D eigenvalue weighted by molar-refractivity contribution is -0.135. The van der Waals surface area contributed by atoms with Crippen LogP contribution in [0.3, 0.4) is 0 Å². The summed E-state index contributed by atoms with van der Waals surface area (Å²) in [6, 6.07) is 6.62. The zero-order valence-corrected chi connectivity index (χ0v) is 15.2. The molecule has 0 aliphatic carbocycles. The normalized spacial score (nSPS) is 17.3. The van der Waals surface area contributed by atoms with Crippen LogP contribution in [0.15, 0.2) is 24.3 Å². The van der Waals surface area contributed by atoms with E-state index in [-0.39, 0.29) is 17.9 Å². The standard InChI is InChI=1S/C17H23ClN2O2S/c1-3-9-19(10-4-2)17(22)15-11-23-12-20(15)16(21)13-7-5-6-8-14(13)18/h5-8,15H,3-4,9-12H2,1-2H3. The molecule has 0 saturated carbocycles. The van der Waals surface area contributed by atoms with Gasteiger partial charge in [0.1, 0.15) is 6.04 Å². The number of amides is 2. The first-order chi connectivity index (χ1) is 11.1. The van der Waals surface area contributed by atoms with E-state index in [0.29, 0.717) is 22.2 Å². The Bertz CT molecular complexity index is 561. The average Bonchev–Trinajstić information content (AvgIpc) is 3.03. The van der Waals surface area contributed by atoms with Gasteiger partial charge in [0.2, 0.25) is 5.91 Å². The predicted molar refractivity (Wildman–Crippen MR) is 95.9 cm³/mol. The smallest absolute Gasteiger partial charge is 0.256 e. The fourth-order valence-corrected chi connectivity index (χ4v) is 4.08. The van der Waals surface area contributed by atoms with Crippen molar-refractivity contribution in [1.82, 2.24) is 9.80 Å². The third kappa shape index (κ3) is 4.21. The Morgan fingerprint density at radius 2 is 1.91 bits per heavy atom. The molecule has 1 aromatic rings. The minimum Gasteiger partial charge on any atom is -0.341 e. The van der Waals surface area contributed by atoms with Crippen molar-refractivity contribution in [1.29, 1.82) is 0 Å². The van der Waals surface area contributed by atoms with Crippen LogP contribution in [0, 0.1) is 0 Å². The third-order valence-electron chi connectivity index (χ3n) is 3.83. The van der Waals surface area contributed by atoms with Crippen molar-refractivity contribution in [2.45, 2.75) is 32.7 Å². The van der Waals surface area contributed by atoms with Gasteiger partial charge in [0.05, 0.1) is 16.5 Å². The lowest BCUT2D eigenvalue weighted by Crippen LogP contribution is -2.49. The fourth-order valence-electron chi connectivity index (χ4n) is 2.72. The molecule has 1 heterocycles. The molecule has 0 spiro atoms. The number of thioether (sulfide) groups is 1. The van der Waals surface area contributed by atoms with Crippen molar-refractivity contribution in [3.05, 3.63) is 34.9 Å². The topological polar surface area (TPSA) is 40.6 Å². The molecule has 0 aromatic heterocycles. The molecule has 0 bridgehead atoms. The first-order valence-electron chi connectivity index (χ1n) is 8.02. The van der Waals surface area contributed by atoms with E-state index in [1.54, 1.807) is 40.9 Å². The molecule has 6 heteroatoms. The van der Waals surface area contributed by atoms with Gasteiger partial charge in [0.25, 0.3) is 5.91 Å². The Labute approximate surface area is 147 Å². The van der Waals surface area contributed by atoms with Gasteiger partial charge in [0.15, 0.2) is 0 Å². The summed E-state index contributed by atoms with van der Waals surface area (Å²) in [5.74, 6) is 1.08. The van der Waals surface area contributed by atoms with E-state index in [4.69, 9.17) is 11.6 Å². The van der Waals surface area contributed by atoms with Crippen LogP contribution < -0.4 is 0 Å². The van der Waals surface area contributed by atoms with Gasteiger partial charge in [-0.25, -0.2) is 0 Å². The molecule has 126 valence electrons. The van der Waals surface area contributed by atoms with E-state index < -0.39 is 0 Å². The lowest BCUT2D eigenvalue weighted by atomic mass is 10.1. The van der Waals surface area contributed by atoms with Gasteiger partial charge in [-0.1, -0.05) is 37.6 Å². The second-order valence-corrected chi connectivity index (χ2v) is 7.00. The van der Waals surface area contributed by atoms with E-state index in [1.165, 1.54) is 0 Å². The zero-order valence-electron chi connectivity index (χ0n) is 13.6. The zero-order chi connectivity index (χ0) is 16.8. The molecule has 0 radical (unpaired) electrons. The molecule has 0 N–H and O–H groups in total. The number of hydrogen-bond acceptors (Lipinski definition) is 3. The van der Waals surface area contributed by atoms with Gasteiger partial charge in [-0.15, -0.1) is 11.8 Å². The first kappa shape index (κ1) is 18.1. The second-order valence-electron chi connectivity index (χ2n) is 5.60. The Balaban J connectivity index is 2.17. The third-order valence-corrected chi connectivity index (χ3v) is 5.17. The van der Waals surface area contributed by atoms with E-state index in [0.717, 1.165) is 25.9 Å². The van der Waals surface area contributed by atoms with Crippen molar-refractivity contribution < 1.29 is 9.59 Å². The summed E-state index contributed by atoms with van der Waals surface area (Å²) in [7, 11) is 0. The van der Waals surface area contributed by atoms with E-state index in [9.17, 15) is 9.59 Å². The SMILES string of the molecule is CCCN(CCC)C(=O)C1CSCN1C(=O)c1ccccc1Cl. The van der Waals surface area contributed by atoms with Gasteiger partial charge >= 0.3 is 0 Å². The Morgan fingerprint density at radius 1 is 1.26 bits per heavy atom. The first-order valence-corrected chi connectivity index (χ1v) is 9.55. The van der Waals surface area contributed by atoms with Crippen LogP contribution in [0.25, 0.3) is 0 Å². The maximum Gasteiger partial charge on any atom is 0.256 e. The number of benzene rings is 1. The van der Waals surface area contributed by atoms with Crippen LogP contribution in [0.5, 0.6) is 0 Å². The maximum absolute atomic E-state index is 12.8. The summed E-state index contributed by atoms with van der Waals surface area (Å²) in [5, 5.41) is 0.430. The number of rotatable bonds is 6. The molecule has 1 unspecified atom stereocenters. The van der Waals surface area contributed by atoms with E-state index in [1.807, 2.05) is 4.90 Å². The van der Waals surface area contributed by atoms with Gasteiger partial charge in [0, 0.05) is 18.8 Å². The van der Waals surface area contributed by atoms with Crippen molar-refractivity contribution in [3.8, 4) is 0 Å². The number of nitrogens with zero attached hydrogens (tertiary/aromatic N) is 2. The van der Waals surface area contributed by atoms with Gasteiger partial charge in [-0.05, 0) is 25.0 Å². The predicted octanol–water partition coefficient (Wildman–Crippen LogP) is 3.50. The van der Waals surface area contributed by atoms with Crippen molar-refractivity contribution in [2.75, 3.05) is 24.7 Å². The summed E-state index contributed by atoms with van der Waals surface area (Å²) < 4.78 is 0. The summed E-state index contributed by atoms with van der Waals surface area (Å²) in [5.41, 5.74) is 0.465. The van der Waals surface area contributed by atoms with Crippen molar-refractivity contribution in [2.24, 2.45) is 0 Å². The van der Waals surface area contributed by atoms with Gasteiger partial charge < -0.3 is 9.80 Å². The Morgan fingerprint density at radius 3 is 2.52 bits per heavy atom. The second kappa shape index (κ2) is 8.60. The molecule has 1 saturated heterocycles. The summed E-state index contributed by atoms with van der Waals surface area (Å²) >= 11 is 7.75. The minimum atomic E-state index is -0.387. The maximum atomic E-state index is 12.8. The minimum absolute atomic E-state index is 0.0547. The number of halogens is 1. The summed E-state index contributed by atoms with van der Waals surface area (Å²) in [4.78, 5) is 29.2. The highest BCUT2D eigenvalue weighted by molar-refractivity contribution is 7.99. The van der Waals surface area contributed by atoms with Crippen molar-refractivity contribution in [3.63, 3.8) is 0 Å². The molecule has 1 fully saturated rings. The molecule has 1 aromatic carbocycles. The molecule has 4 nitrogen and oxygen atoms in total. The molecule has 2 rings (SSSR count). The Kier molecular flexibility index (Phi) is 6.78. The molecule has 1 atom stereocenters. The van der Waals surface area contributed by atoms with Gasteiger partial charge in [-0.3, -0.25) is 9.59 Å². The quantitative estimate of drug-likeness (QED) is 0.785. The highest BCUT2D eigenvalue weighted by Gasteiger charge is 2.37. The van der Waals surface area contributed by atoms with Crippen LogP contribution >= 0.6 is 23.4 Å². The molecular weight excluding hydrogens is 332 g/mol. The van der Waals surface area contributed by atoms with Crippen LogP contribution in [-0.4, -0.2) is 52.4 Å². The number of hydrogen-bond donors (Lipinski definition) is 0. The van der Waals surface area contributed by atoms with Crippen LogP contribution in [0.4, 0.5) is 0 Å². The Hall–Kier alpha value is -1.20. The lowest BCUT2D eigenvalue weighted by Gasteiger charge is -2.29. The fraction of sp³-hybridized carbons (Fsp3) is 0.529. The van der Waals surface area contributed by atoms with Gasteiger partial charge in [-0.2, -0.15) is 0 Å². The molecule has 1 aliphatic rings. The summed E-state index contributed by atoms with van der Waals surface area (Å²) in [6.45, 7) is 5.60. The van der Waals surface area contributed by atoms with Crippen LogP contribution in [0.2, 0.25) is 5.02 Å². The monoisotopic (exact) mass is 354 g/mol. The highest BCUT2D eigenvalue weighted by atomic mass is 35.5. The molecule has 1 aliphatic heterocycles. The highest BCUT2D eigenvalue weighted by Crippen LogP contribution is 2.27. The van der Waals surface area contributed by atoms with Crippen molar-refractivity contribution >= 4 is 35.2 Å². The van der Waals surface area contributed by atoms with E-state index >= 15 is 0 Å². The summed E-state index contributed by atoms with van der Waals surface area (Å²) in [6.07, 6.45) is 1.84. The number of carbonyl (C=O) groups is 2. The number of carbonyl (C=O) groups excluding carboxylic acids is 2.